The molecule has 0 bridgehead atoms. The molecule has 0 saturated heterocycles. The van der Waals surface area contributed by atoms with Crippen LogP contribution in [0, 0.1) is 0 Å². The number of nitrogens with one attached hydrogen (secondary N) is 1. The minimum absolute atomic E-state index is 0.0161. The van der Waals surface area contributed by atoms with Crippen LogP contribution in [0.4, 0.5) is 5.69 Å². The van der Waals surface area contributed by atoms with E-state index in [9.17, 15) is 13.5 Å². The number of aliphatic hydroxyl groups excluding tert-OH is 1. The molecule has 0 fully saturated rings. The van der Waals surface area contributed by atoms with Crippen molar-refractivity contribution in [1.82, 2.24) is 19.3 Å². The van der Waals surface area contributed by atoms with Crippen LogP contribution in [-0.4, -0.2) is 45.5 Å². The molecule has 1 aliphatic heterocycles. The number of aromatic nitrogens is 3. The SMILES string of the molecule is CC[C@@H](CO)Nc1cccc2c1S(=O)(=O)N(Cc1cn(Cc3ccc(Cl)cc3)nn1)Cc1ccccc1O2. The van der Waals surface area contributed by atoms with Gasteiger partial charge in [-0.3, -0.25) is 0 Å². The fraction of sp³-hybridized carbons (Fsp3) is 0.259. The first-order chi connectivity index (χ1) is 18.4. The highest BCUT2D eigenvalue weighted by Crippen LogP contribution is 2.41. The number of anilines is 1. The van der Waals surface area contributed by atoms with Crippen molar-refractivity contribution in [2.24, 2.45) is 0 Å². The number of benzene rings is 3. The van der Waals surface area contributed by atoms with E-state index in [4.69, 9.17) is 16.3 Å². The molecule has 0 amide bonds. The number of hydrogen-bond donors (Lipinski definition) is 2. The zero-order valence-corrected chi connectivity index (χ0v) is 22.4. The topological polar surface area (TPSA) is 110 Å². The molecule has 4 aromatic rings. The third-order valence-corrected chi connectivity index (χ3v) is 8.50. The van der Waals surface area contributed by atoms with Crippen LogP contribution < -0.4 is 10.1 Å². The van der Waals surface area contributed by atoms with E-state index in [1.54, 1.807) is 29.1 Å². The molecule has 3 aromatic carbocycles. The lowest BCUT2D eigenvalue weighted by Crippen LogP contribution is -2.33. The highest BCUT2D eigenvalue weighted by molar-refractivity contribution is 7.89. The number of ether oxygens (including phenoxy) is 1. The summed E-state index contributed by atoms with van der Waals surface area (Å²) in [6, 6.07) is 19.6. The monoisotopic (exact) mass is 553 g/mol. The molecule has 1 atom stereocenters. The molecular formula is C27H28ClN5O4S. The molecule has 38 heavy (non-hydrogen) atoms. The third-order valence-electron chi connectivity index (χ3n) is 6.37. The van der Waals surface area contributed by atoms with E-state index in [0.717, 1.165) is 11.1 Å². The molecule has 0 radical (unpaired) electrons. The Morgan fingerprint density at radius 2 is 1.82 bits per heavy atom. The number of hydrogen-bond acceptors (Lipinski definition) is 7. The molecule has 1 aliphatic rings. The van der Waals surface area contributed by atoms with E-state index in [0.29, 0.717) is 35.1 Å². The van der Waals surface area contributed by atoms with Gasteiger partial charge in [-0.1, -0.05) is 60.1 Å². The Labute approximate surface area is 226 Å². The number of para-hydroxylation sites is 1. The van der Waals surface area contributed by atoms with Crippen molar-refractivity contribution in [3.63, 3.8) is 0 Å². The zero-order valence-electron chi connectivity index (χ0n) is 20.8. The van der Waals surface area contributed by atoms with E-state index >= 15 is 0 Å². The summed E-state index contributed by atoms with van der Waals surface area (Å²) in [5, 5.41) is 22.0. The second-order valence-corrected chi connectivity index (χ2v) is 11.4. The fourth-order valence-electron chi connectivity index (χ4n) is 4.32. The molecule has 11 heteroatoms. The first kappa shape index (κ1) is 26.2. The van der Waals surface area contributed by atoms with Crippen molar-refractivity contribution < 1.29 is 18.3 Å². The van der Waals surface area contributed by atoms with Crippen molar-refractivity contribution >= 4 is 27.3 Å². The van der Waals surface area contributed by atoms with Crippen LogP contribution >= 0.6 is 11.6 Å². The predicted octanol–water partition coefficient (Wildman–Crippen LogP) is 4.66. The largest absolute Gasteiger partial charge is 0.456 e. The van der Waals surface area contributed by atoms with Gasteiger partial charge in [-0.25, -0.2) is 13.1 Å². The molecule has 0 aliphatic carbocycles. The van der Waals surface area contributed by atoms with Gasteiger partial charge >= 0.3 is 0 Å². The number of aliphatic hydroxyl groups is 1. The Hall–Kier alpha value is -3.44. The predicted molar refractivity (Wildman–Crippen MR) is 145 cm³/mol. The quantitative estimate of drug-likeness (QED) is 0.326. The van der Waals surface area contributed by atoms with E-state index in [1.807, 2.05) is 55.5 Å². The second-order valence-electron chi connectivity index (χ2n) is 9.08. The number of rotatable bonds is 8. The lowest BCUT2D eigenvalue weighted by atomic mass is 10.2. The van der Waals surface area contributed by atoms with E-state index in [2.05, 4.69) is 15.6 Å². The normalized spacial score (nSPS) is 15.4. The van der Waals surface area contributed by atoms with Gasteiger partial charge in [0.05, 0.1) is 37.3 Å². The molecule has 2 N–H and O–H groups in total. The summed E-state index contributed by atoms with van der Waals surface area (Å²) in [6.45, 7) is 2.37. The Morgan fingerprint density at radius 3 is 2.58 bits per heavy atom. The molecule has 1 aromatic heterocycles. The van der Waals surface area contributed by atoms with Gasteiger partial charge in [0.15, 0.2) is 0 Å². The van der Waals surface area contributed by atoms with Gasteiger partial charge in [-0.05, 0) is 42.3 Å². The van der Waals surface area contributed by atoms with Crippen molar-refractivity contribution in [1.29, 1.82) is 0 Å². The molecule has 0 unspecified atom stereocenters. The average molecular weight is 554 g/mol. The Kier molecular flexibility index (Phi) is 7.66. The summed E-state index contributed by atoms with van der Waals surface area (Å²) >= 11 is 5.98. The molecule has 0 saturated carbocycles. The Bertz CT molecular complexity index is 1520. The van der Waals surface area contributed by atoms with Crippen LogP contribution in [0.3, 0.4) is 0 Å². The molecule has 2 heterocycles. The fourth-order valence-corrected chi connectivity index (χ4v) is 6.08. The van der Waals surface area contributed by atoms with Gasteiger partial charge in [0, 0.05) is 23.2 Å². The summed E-state index contributed by atoms with van der Waals surface area (Å²) in [7, 11) is -4.06. The van der Waals surface area contributed by atoms with Gasteiger partial charge in [0.1, 0.15) is 16.4 Å². The van der Waals surface area contributed by atoms with Gasteiger partial charge in [0.2, 0.25) is 10.0 Å². The summed E-state index contributed by atoms with van der Waals surface area (Å²) in [5.74, 6) is 0.790. The number of fused-ring (bicyclic) bond motifs is 2. The molecule has 5 rings (SSSR count). The first-order valence-corrected chi connectivity index (χ1v) is 14.1. The third kappa shape index (κ3) is 5.53. The molecular weight excluding hydrogens is 526 g/mol. The van der Waals surface area contributed by atoms with Crippen molar-refractivity contribution in [3.8, 4) is 11.5 Å². The van der Waals surface area contributed by atoms with Crippen molar-refractivity contribution in [2.75, 3.05) is 11.9 Å². The maximum atomic E-state index is 14.2. The highest BCUT2D eigenvalue weighted by Gasteiger charge is 2.35. The maximum absolute atomic E-state index is 14.2. The summed E-state index contributed by atoms with van der Waals surface area (Å²) in [4.78, 5) is 0.0231. The van der Waals surface area contributed by atoms with Crippen LogP contribution in [0.2, 0.25) is 5.02 Å². The molecule has 0 spiro atoms. The second kappa shape index (κ2) is 11.1. The highest BCUT2D eigenvalue weighted by atomic mass is 35.5. The van der Waals surface area contributed by atoms with Crippen LogP contribution in [0.15, 0.2) is 77.8 Å². The maximum Gasteiger partial charge on any atom is 0.249 e. The molecule has 198 valence electrons. The van der Waals surface area contributed by atoms with E-state index in [-0.39, 0.29) is 36.4 Å². The Morgan fingerprint density at radius 1 is 1.05 bits per heavy atom. The van der Waals surface area contributed by atoms with Crippen molar-refractivity contribution in [3.05, 3.63) is 94.8 Å². The first-order valence-electron chi connectivity index (χ1n) is 12.3. The van der Waals surface area contributed by atoms with E-state index < -0.39 is 10.0 Å². The van der Waals surface area contributed by atoms with Crippen LogP contribution in [0.5, 0.6) is 11.5 Å². The van der Waals surface area contributed by atoms with Gasteiger partial charge in [0.25, 0.3) is 0 Å². The van der Waals surface area contributed by atoms with Gasteiger partial charge in [-0.2, -0.15) is 4.31 Å². The smallest absolute Gasteiger partial charge is 0.249 e. The number of sulfonamides is 1. The molecule has 9 nitrogen and oxygen atoms in total. The lowest BCUT2D eigenvalue weighted by molar-refractivity contribution is 0.271. The zero-order chi connectivity index (χ0) is 26.7. The minimum Gasteiger partial charge on any atom is -0.456 e. The summed E-state index contributed by atoms with van der Waals surface area (Å²) in [6.07, 6.45) is 2.36. The number of halogens is 1. The van der Waals surface area contributed by atoms with Crippen LogP contribution in [-0.2, 0) is 29.7 Å². The number of nitrogens with zero attached hydrogens (tertiary/aromatic N) is 4. The summed E-state index contributed by atoms with van der Waals surface area (Å²) in [5.41, 5.74) is 2.61. The van der Waals surface area contributed by atoms with Gasteiger partial charge in [-0.15, -0.1) is 5.10 Å². The lowest BCUT2D eigenvalue weighted by Gasteiger charge is -2.29. The van der Waals surface area contributed by atoms with E-state index in [1.165, 1.54) is 4.31 Å². The Balaban J connectivity index is 1.51. The van der Waals surface area contributed by atoms with Crippen LogP contribution in [0.25, 0.3) is 0 Å². The van der Waals surface area contributed by atoms with Crippen LogP contribution in [0.1, 0.15) is 30.2 Å². The van der Waals surface area contributed by atoms with Crippen molar-refractivity contribution in [2.45, 2.75) is 43.9 Å². The average Bonchev–Trinajstić information content (AvgIpc) is 3.35. The standard InChI is InChI=1S/C27H28ClN5O4S/c1-2-22(18-34)29-24-7-5-9-26-27(24)38(35,36)33(15-20-6-3-4-8-25(20)37-26)17-23-16-32(31-30-23)14-19-10-12-21(28)13-11-19/h3-13,16,22,29,34H,2,14-15,17-18H2,1H3/t22-/m0/s1. The summed E-state index contributed by atoms with van der Waals surface area (Å²) < 4.78 is 37.5. The van der Waals surface area contributed by atoms with Gasteiger partial charge < -0.3 is 15.2 Å². The minimum atomic E-state index is -4.06.